The Balaban J connectivity index is 1.12. The third-order valence-corrected chi connectivity index (χ3v) is 10.7. The fraction of sp³-hybridized carbons (Fsp3) is 0.452. The molecule has 8 heteroatoms. The summed E-state index contributed by atoms with van der Waals surface area (Å²) in [6, 6.07) is 19.4. The molecule has 7 rings (SSSR count). The Morgan fingerprint density at radius 3 is 2.44 bits per heavy atom. The second kappa shape index (κ2) is 9.04. The first-order chi connectivity index (χ1) is 18.8. The third-order valence-electron chi connectivity index (χ3n) is 9.17. The molecule has 2 fully saturated rings. The van der Waals surface area contributed by atoms with E-state index in [2.05, 4.69) is 69.3 Å². The molecule has 1 saturated heterocycles. The molecule has 1 aliphatic heterocycles. The van der Waals surface area contributed by atoms with E-state index in [4.69, 9.17) is 15.1 Å². The van der Waals surface area contributed by atoms with E-state index in [9.17, 15) is 4.55 Å². The van der Waals surface area contributed by atoms with Crippen LogP contribution < -0.4 is 9.62 Å². The van der Waals surface area contributed by atoms with Gasteiger partial charge in [0, 0.05) is 35.3 Å². The minimum atomic E-state index is -1.13. The van der Waals surface area contributed by atoms with Gasteiger partial charge in [-0.15, -0.1) is 4.72 Å². The minimum Gasteiger partial charge on any atom is -0.598 e. The van der Waals surface area contributed by atoms with Crippen LogP contribution in [0.25, 0.3) is 11.2 Å². The number of benzene rings is 2. The number of aromatic nitrogens is 4. The molecule has 2 aromatic heterocycles. The van der Waals surface area contributed by atoms with E-state index in [1.165, 1.54) is 16.7 Å². The first-order valence-corrected chi connectivity index (χ1v) is 15.2. The summed E-state index contributed by atoms with van der Waals surface area (Å²) < 4.78 is 16.4. The first kappa shape index (κ1) is 25.1. The standard InChI is InChI=1S/C31H36N6OS/c1-29(2,3)39(38)36-26-23-12-8-7-9-21(23)19-30(26)15-17-37(18-16-30)24-20-32-25-27(34-35-28(25)33-24)31(13-14-31)22-10-5-4-6-11-22/h4-12,20,26,36H,13-19H2,1-3H3,(H,33,34,35)/t26-,39-/m1/s1. The van der Waals surface area contributed by atoms with Crippen molar-refractivity contribution in [2.24, 2.45) is 5.41 Å². The smallest absolute Gasteiger partial charge is 0.176 e. The highest BCUT2D eigenvalue weighted by Crippen LogP contribution is 2.55. The van der Waals surface area contributed by atoms with E-state index in [0.29, 0.717) is 0 Å². The van der Waals surface area contributed by atoms with E-state index in [-0.39, 0.29) is 21.6 Å². The van der Waals surface area contributed by atoms with Crippen LogP contribution in [0.4, 0.5) is 5.82 Å². The number of nitrogens with one attached hydrogen (secondary N) is 2. The van der Waals surface area contributed by atoms with Gasteiger partial charge in [-0.1, -0.05) is 54.6 Å². The highest BCUT2D eigenvalue weighted by Gasteiger charge is 2.51. The van der Waals surface area contributed by atoms with Gasteiger partial charge < -0.3 is 9.45 Å². The Bertz CT molecular complexity index is 1500. The lowest BCUT2D eigenvalue weighted by molar-refractivity contribution is 0.176. The predicted molar refractivity (Wildman–Crippen MR) is 156 cm³/mol. The molecule has 2 aromatic carbocycles. The Kier molecular flexibility index (Phi) is 5.81. The summed E-state index contributed by atoms with van der Waals surface area (Å²) in [6.45, 7) is 7.89. The number of fused-ring (bicyclic) bond motifs is 2. The third kappa shape index (κ3) is 4.15. The van der Waals surface area contributed by atoms with Crippen molar-refractivity contribution in [1.29, 1.82) is 0 Å². The van der Waals surface area contributed by atoms with E-state index in [0.717, 1.165) is 67.9 Å². The highest BCUT2D eigenvalue weighted by atomic mass is 32.2. The van der Waals surface area contributed by atoms with Gasteiger partial charge in [0.25, 0.3) is 0 Å². The normalized spacial score (nSPS) is 22.3. The van der Waals surface area contributed by atoms with Crippen LogP contribution in [-0.2, 0) is 23.2 Å². The number of anilines is 1. The van der Waals surface area contributed by atoms with Gasteiger partial charge in [-0.25, -0.2) is 9.97 Å². The van der Waals surface area contributed by atoms with Gasteiger partial charge in [0.1, 0.15) is 21.8 Å². The number of hydrogen-bond donors (Lipinski definition) is 2. The Morgan fingerprint density at radius 2 is 1.72 bits per heavy atom. The van der Waals surface area contributed by atoms with Crippen LogP contribution in [0.3, 0.4) is 0 Å². The molecule has 3 aliphatic rings. The number of H-pyrrole nitrogens is 1. The van der Waals surface area contributed by atoms with Gasteiger partial charge in [-0.05, 0) is 69.6 Å². The second-order valence-electron chi connectivity index (χ2n) is 12.6. The Hall–Kier alpha value is -2.94. The summed E-state index contributed by atoms with van der Waals surface area (Å²) in [5.74, 6) is 0.899. The molecule has 1 saturated carbocycles. The molecule has 2 atom stereocenters. The number of rotatable bonds is 5. The SMILES string of the molecule is CC(C)(C)[S@@+]([O-])N[C@@H]1c2ccccc2CC12CCN(c1cnc3c(C4(c5ccccc5)CC4)n[nH]c3n1)CC2. The molecule has 1 spiro atoms. The molecular weight excluding hydrogens is 504 g/mol. The monoisotopic (exact) mass is 540 g/mol. The van der Waals surface area contributed by atoms with Crippen molar-refractivity contribution in [2.45, 2.75) is 69.1 Å². The van der Waals surface area contributed by atoms with Crippen LogP contribution in [-0.4, -0.2) is 42.6 Å². The van der Waals surface area contributed by atoms with Crippen LogP contribution in [0.5, 0.6) is 0 Å². The van der Waals surface area contributed by atoms with Crippen LogP contribution in [0.15, 0.2) is 60.8 Å². The molecule has 202 valence electrons. The molecular formula is C31H36N6OS. The van der Waals surface area contributed by atoms with Crippen molar-refractivity contribution in [3.05, 3.63) is 83.2 Å². The topological polar surface area (TPSA) is 92.8 Å². The van der Waals surface area contributed by atoms with Crippen LogP contribution in [0, 0.1) is 5.41 Å². The number of hydrogen-bond acceptors (Lipinski definition) is 6. The lowest BCUT2D eigenvalue weighted by atomic mass is 9.73. The van der Waals surface area contributed by atoms with Gasteiger partial charge in [0.05, 0.1) is 12.2 Å². The number of piperidine rings is 1. The lowest BCUT2D eigenvalue weighted by Crippen LogP contribution is -2.49. The zero-order valence-corrected chi connectivity index (χ0v) is 23.7. The molecule has 39 heavy (non-hydrogen) atoms. The van der Waals surface area contributed by atoms with Crippen molar-refractivity contribution in [3.63, 3.8) is 0 Å². The highest BCUT2D eigenvalue weighted by molar-refractivity contribution is 7.90. The fourth-order valence-electron chi connectivity index (χ4n) is 6.73. The van der Waals surface area contributed by atoms with Gasteiger partial charge >= 0.3 is 0 Å². The number of nitrogens with zero attached hydrogens (tertiary/aromatic N) is 4. The lowest BCUT2D eigenvalue weighted by Gasteiger charge is -2.44. The summed E-state index contributed by atoms with van der Waals surface area (Å²) in [5, 5.41) is 7.92. The molecule has 4 aromatic rings. The fourth-order valence-corrected chi connectivity index (χ4v) is 7.67. The van der Waals surface area contributed by atoms with Crippen molar-refractivity contribution in [2.75, 3.05) is 18.0 Å². The van der Waals surface area contributed by atoms with Crippen molar-refractivity contribution in [3.8, 4) is 0 Å². The van der Waals surface area contributed by atoms with E-state index < -0.39 is 11.4 Å². The van der Waals surface area contributed by atoms with Crippen molar-refractivity contribution < 1.29 is 4.55 Å². The van der Waals surface area contributed by atoms with Crippen LogP contribution in [0.1, 0.15) is 74.9 Å². The molecule has 0 bridgehead atoms. The van der Waals surface area contributed by atoms with Gasteiger partial charge in [-0.3, -0.25) is 5.10 Å². The Labute approximate surface area is 233 Å². The first-order valence-electron chi connectivity index (χ1n) is 14.1. The van der Waals surface area contributed by atoms with Crippen molar-refractivity contribution >= 4 is 28.3 Å². The van der Waals surface area contributed by atoms with Crippen molar-refractivity contribution in [1.82, 2.24) is 24.9 Å². The average molecular weight is 541 g/mol. The molecule has 2 N–H and O–H groups in total. The van der Waals surface area contributed by atoms with Gasteiger partial charge in [0.15, 0.2) is 5.65 Å². The maximum atomic E-state index is 13.2. The molecule has 0 radical (unpaired) electrons. The molecule has 7 nitrogen and oxygen atoms in total. The summed E-state index contributed by atoms with van der Waals surface area (Å²) in [7, 11) is 0. The Morgan fingerprint density at radius 1 is 1.00 bits per heavy atom. The predicted octanol–water partition coefficient (Wildman–Crippen LogP) is 5.37. The maximum absolute atomic E-state index is 13.2. The van der Waals surface area contributed by atoms with E-state index in [1.807, 2.05) is 27.0 Å². The number of aromatic amines is 1. The summed E-state index contributed by atoms with van der Waals surface area (Å²) >= 11 is -1.13. The zero-order valence-electron chi connectivity index (χ0n) is 22.9. The molecule has 2 aliphatic carbocycles. The summed E-state index contributed by atoms with van der Waals surface area (Å²) in [5.41, 5.74) is 6.67. The summed E-state index contributed by atoms with van der Waals surface area (Å²) in [6.07, 6.45) is 7.14. The van der Waals surface area contributed by atoms with Gasteiger partial charge in [0.2, 0.25) is 0 Å². The molecule has 0 amide bonds. The molecule has 0 unspecified atom stereocenters. The summed E-state index contributed by atoms with van der Waals surface area (Å²) in [4.78, 5) is 12.2. The minimum absolute atomic E-state index is 0.0418. The van der Waals surface area contributed by atoms with E-state index >= 15 is 0 Å². The van der Waals surface area contributed by atoms with E-state index in [1.54, 1.807) is 0 Å². The van der Waals surface area contributed by atoms with Crippen LogP contribution in [0.2, 0.25) is 0 Å². The van der Waals surface area contributed by atoms with Crippen LogP contribution >= 0.6 is 0 Å². The second-order valence-corrected chi connectivity index (χ2v) is 14.6. The largest absolute Gasteiger partial charge is 0.598 e. The maximum Gasteiger partial charge on any atom is 0.176 e. The quantitative estimate of drug-likeness (QED) is 0.331. The van der Waals surface area contributed by atoms with Gasteiger partial charge in [-0.2, -0.15) is 5.10 Å². The zero-order chi connectivity index (χ0) is 26.8. The molecule has 3 heterocycles. The average Bonchev–Trinajstić information content (AvgIpc) is 3.55.